The first kappa shape index (κ1) is 13.0. The predicted molar refractivity (Wildman–Crippen MR) is 67.7 cm³/mol. The first-order valence-corrected chi connectivity index (χ1v) is 6.42. The standard InChI is InChI=1S/C14H19FN2O/c1-14(2)9-4-3-7-11(14)17-13(18)10-6-5-8-12(15)16-10/h5-6,8,11H,3-4,7,9H2,1-2H3,(H,17,18). The quantitative estimate of drug-likeness (QED) is 0.820. The maximum absolute atomic E-state index is 13.0. The van der Waals surface area contributed by atoms with Crippen molar-refractivity contribution < 1.29 is 9.18 Å². The van der Waals surface area contributed by atoms with Gasteiger partial charge in [-0.15, -0.1) is 0 Å². The highest BCUT2D eigenvalue weighted by Gasteiger charge is 2.33. The van der Waals surface area contributed by atoms with E-state index in [0.29, 0.717) is 0 Å². The van der Waals surface area contributed by atoms with E-state index in [4.69, 9.17) is 0 Å². The summed E-state index contributed by atoms with van der Waals surface area (Å²) >= 11 is 0. The molecule has 2 rings (SSSR count). The largest absolute Gasteiger partial charge is 0.347 e. The zero-order chi connectivity index (χ0) is 13.2. The normalized spacial score (nSPS) is 22.5. The van der Waals surface area contributed by atoms with Crippen LogP contribution in [-0.2, 0) is 0 Å². The van der Waals surface area contributed by atoms with Gasteiger partial charge >= 0.3 is 0 Å². The molecule has 1 aromatic heterocycles. The molecule has 1 aliphatic rings. The second kappa shape index (κ2) is 5.04. The maximum Gasteiger partial charge on any atom is 0.270 e. The number of hydrogen-bond acceptors (Lipinski definition) is 2. The summed E-state index contributed by atoms with van der Waals surface area (Å²) in [5, 5.41) is 2.98. The van der Waals surface area contributed by atoms with Crippen LogP contribution in [0, 0.1) is 11.4 Å². The molecule has 0 radical (unpaired) electrons. The second-order valence-corrected chi connectivity index (χ2v) is 5.61. The summed E-state index contributed by atoms with van der Waals surface area (Å²) in [6, 6.07) is 4.42. The lowest BCUT2D eigenvalue weighted by Crippen LogP contribution is -2.47. The number of hydrogen-bond donors (Lipinski definition) is 1. The van der Waals surface area contributed by atoms with Crippen molar-refractivity contribution in [1.29, 1.82) is 0 Å². The van der Waals surface area contributed by atoms with Crippen LogP contribution in [0.15, 0.2) is 18.2 Å². The van der Waals surface area contributed by atoms with Crippen molar-refractivity contribution in [2.24, 2.45) is 5.41 Å². The zero-order valence-corrected chi connectivity index (χ0v) is 10.9. The molecule has 1 N–H and O–H groups in total. The van der Waals surface area contributed by atoms with Crippen molar-refractivity contribution >= 4 is 5.91 Å². The minimum Gasteiger partial charge on any atom is -0.347 e. The first-order chi connectivity index (χ1) is 8.49. The maximum atomic E-state index is 13.0. The Morgan fingerprint density at radius 1 is 1.44 bits per heavy atom. The number of aromatic nitrogens is 1. The lowest BCUT2D eigenvalue weighted by atomic mass is 9.73. The Hall–Kier alpha value is -1.45. The number of carbonyl (C=O) groups is 1. The van der Waals surface area contributed by atoms with Gasteiger partial charge in [0.1, 0.15) is 5.69 Å². The highest BCUT2D eigenvalue weighted by Crippen LogP contribution is 2.35. The number of carbonyl (C=O) groups excluding carboxylic acids is 1. The number of nitrogens with zero attached hydrogens (tertiary/aromatic N) is 1. The highest BCUT2D eigenvalue weighted by molar-refractivity contribution is 5.92. The summed E-state index contributed by atoms with van der Waals surface area (Å²) in [6.45, 7) is 4.33. The van der Waals surface area contributed by atoms with Crippen LogP contribution in [0.2, 0.25) is 0 Å². The molecule has 4 heteroatoms. The van der Waals surface area contributed by atoms with Crippen LogP contribution in [-0.4, -0.2) is 16.9 Å². The van der Waals surface area contributed by atoms with Crippen LogP contribution in [0.3, 0.4) is 0 Å². The lowest BCUT2D eigenvalue weighted by Gasteiger charge is -2.38. The molecule has 0 bridgehead atoms. The molecular formula is C14H19FN2O. The van der Waals surface area contributed by atoms with Gasteiger partial charge < -0.3 is 5.32 Å². The van der Waals surface area contributed by atoms with E-state index in [1.54, 1.807) is 0 Å². The van der Waals surface area contributed by atoms with E-state index in [2.05, 4.69) is 24.1 Å². The Morgan fingerprint density at radius 2 is 2.22 bits per heavy atom. The first-order valence-electron chi connectivity index (χ1n) is 6.42. The second-order valence-electron chi connectivity index (χ2n) is 5.61. The fourth-order valence-corrected chi connectivity index (χ4v) is 2.53. The van der Waals surface area contributed by atoms with Gasteiger partial charge in [-0.1, -0.05) is 32.8 Å². The molecule has 0 aromatic carbocycles. The fourth-order valence-electron chi connectivity index (χ4n) is 2.53. The summed E-state index contributed by atoms with van der Waals surface area (Å²) in [7, 11) is 0. The van der Waals surface area contributed by atoms with Crippen LogP contribution >= 0.6 is 0 Å². The van der Waals surface area contributed by atoms with Crippen molar-refractivity contribution in [3.05, 3.63) is 29.8 Å². The molecule has 0 aliphatic heterocycles. The van der Waals surface area contributed by atoms with Crippen LogP contribution in [0.4, 0.5) is 4.39 Å². The minimum atomic E-state index is -0.620. The summed E-state index contributed by atoms with van der Waals surface area (Å²) < 4.78 is 13.0. The average molecular weight is 250 g/mol. The van der Waals surface area contributed by atoms with Crippen molar-refractivity contribution in [2.75, 3.05) is 0 Å². The number of amides is 1. The number of rotatable bonds is 2. The smallest absolute Gasteiger partial charge is 0.270 e. The van der Waals surface area contributed by atoms with Gasteiger partial charge in [0.25, 0.3) is 5.91 Å². The van der Waals surface area contributed by atoms with Crippen molar-refractivity contribution in [3.8, 4) is 0 Å². The van der Waals surface area contributed by atoms with Gasteiger partial charge in [-0.3, -0.25) is 4.79 Å². The topological polar surface area (TPSA) is 42.0 Å². The Bertz CT molecular complexity index is 445. The highest BCUT2D eigenvalue weighted by atomic mass is 19.1. The predicted octanol–water partition coefficient (Wildman–Crippen LogP) is 2.92. The van der Waals surface area contributed by atoms with Gasteiger partial charge in [0.15, 0.2) is 0 Å². The van der Waals surface area contributed by atoms with Crippen LogP contribution in [0.1, 0.15) is 50.0 Å². The third-order valence-corrected chi connectivity index (χ3v) is 3.76. The minimum absolute atomic E-state index is 0.0984. The van der Waals surface area contributed by atoms with Gasteiger partial charge in [-0.25, -0.2) is 4.98 Å². The third kappa shape index (κ3) is 2.86. The van der Waals surface area contributed by atoms with Crippen molar-refractivity contribution in [2.45, 2.75) is 45.6 Å². The third-order valence-electron chi connectivity index (χ3n) is 3.76. The monoisotopic (exact) mass is 250 g/mol. The molecule has 0 saturated heterocycles. The van der Waals surface area contributed by atoms with E-state index in [1.807, 2.05) is 0 Å². The molecule has 3 nitrogen and oxygen atoms in total. The molecule has 1 fully saturated rings. The Kier molecular flexibility index (Phi) is 3.64. The van der Waals surface area contributed by atoms with Crippen LogP contribution in [0.5, 0.6) is 0 Å². The summed E-state index contributed by atoms with van der Waals surface area (Å²) in [5.41, 5.74) is 0.248. The molecule has 1 saturated carbocycles. The molecule has 1 heterocycles. The lowest BCUT2D eigenvalue weighted by molar-refractivity contribution is 0.0847. The number of halogens is 1. The summed E-state index contributed by atoms with van der Waals surface area (Å²) in [5.74, 6) is -0.903. The molecule has 0 spiro atoms. The van der Waals surface area contributed by atoms with Gasteiger partial charge in [0.05, 0.1) is 0 Å². The van der Waals surface area contributed by atoms with Gasteiger partial charge in [-0.2, -0.15) is 4.39 Å². The van der Waals surface area contributed by atoms with E-state index in [-0.39, 0.29) is 23.1 Å². The summed E-state index contributed by atoms with van der Waals surface area (Å²) in [6.07, 6.45) is 4.42. The van der Waals surface area contributed by atoms with E-state index in [0.717, 1.165) is 19.3 Å². The van der Waals surface area contributed by atoms with Crippen LogP contribution < -0.4 is 5.32 Å². The van der Waals surface area contributed by atoms with Gasteiger partial charge in [0, 0.05) is 6.04 Å². The van der Waals surface area contributed by atoms with E-state index >= 15 is 0 Å². The average Bonchev–Trinajstić information content (AvgIpc) is 2.31. The Morgan fingerprint density at radius 3 is 2.89 bits per heavy atom. The molecular weight excluding hydrogens is 231 g/mol. The Labute approximate surface area is 107 Å². The van der Waals surface area contributed by atoms with Crippen molar-refractivity contribution in [1.82, 2.24) is 10.3 Å². The van der Waals surface area contributed by atoms with Gasteiger partial charge in [-0.05, 0) is 30.4 Å². The fraction of sp³-hybridized carbons (Fsp3) is 0.571. The zero-order valence-electron chi connectivity index (χ0n) is 10.9. The molecule has 98 valence electrons. The van der Waals surface area contributed by atoms with E-state index < -0.39 is 5.95 Å². The molecule has 1 amide bonds. The molecule has 1 atom stereocenters. The van der Waals surface area contributed by atoms with E-state index in [9.17, 15) is 9.18 Å². The van der Waals surface area contributed by atoms with Crippen molar-refractivity contribution in [3.63, 3.8) is 0 Å². The number of pyridine rings is 1. The number of nitrogens with one attached hydrogen (secondary N) is 1. The van der Waals surface area contributed by atoms with Crippen LogP contribution in [0.25, 0.3) is 0 Å². The molecule has 1 aromatic rings. The molecule has 18 heavy (non-hydrogen) atoms. The van der Waals surface area contributed by atoms with E-state index in [1.165, 1.54) is 24.6 Å². The van der Waals surface area contributed by atoms with Gasteiger partial charge in [0.2, 0.25) is 5.95 Å². The summed E-state index contributed by atoms with van der Waals surface area (Å²) in [4.78, 5) is 15.6. The SMILES string of the molecule is CC1(C)CCCCC1NC(=O)c1cccc(F)n1. The Balaban J connectivity index is 2.07. The molecule has 1 unspecified atom stereocenters. The molecule has 1 aliphatic carbocycles.